The minimum absolute atomic E-state index is 0.137. The highest BCUT2D eigenvalue weighted by atomic mass is 16.7. The van der Waals surface area contributed by atoms with E-state index >= 15 is 0 Å². The summed E-state index contributed by atoms with van der Waals surface area (Å²) in [6, 6.07) is 0. The maximum absolute atomic E-state index is 12.9. The molecule has 0 fully saturated rings. The maximum Gasteiger partial charge on any atom is 0.306 e. The van der Waals surface area contributed by atoms with E-state index in [1.807, 2.05) is 21.1 Å². The number of hydrogen-bond acceptors (Lipinski definition) is 8. The van der Waals surface area contributed by atoms with Gasteiger partial charge < -0.3 is 33.3 Å². The van der Waals surface area contributed by atoms with E-state index in [-0.39, 0.29) is 38.6 Å². The van der Waals surface area contributed by atoms with Gasteiger partial charge >= 0.3 is 11.9 Å². The first-order valence-electron chi connectivity index (χ1n) is 36.6. The Morgan fingerprint density at radius 3 is 0.879 bits per heavy atom. The van der Waals surface area contributed by atoms with Gasteiger partial charge in [0.15, 0.2) is 12.4 Å². The van der Waals surface area contributed by atoms with E-state index in [4.69, 9.17) is 18.9 Å². The van der Waals surface area contributed by atoms with Crippen molar-refractivity contribution in [1.82, 2.24) is 0 Å². The highest BCUT2D eigenvalue weighted by Crippen LogP contribution is 2.17. The molecule has 0 radical (unpaired) electrons. The molecule has 0 rings (SSSR count). The van der Waals surface area contributed by atoms with Crippen LogP contribution in [0.3, 0.4) is 0 Å². The van der Waals surface area contributed by atoms with Crippen LogP contribution in [0.2, 0.25) is 0 Å². The molecule has 0 aliphatic heterocycles. The van der Waals surface area contributed by atoms with Crippen LogP contribution >= 0.6 is 0 Å². The van der Waals surface area contributed by atoms with Gasteiger partial charge in [-0.1, -0.05) is 307 Å². The Bertz CT molecular complexity index is 2060. The number of esters is 2. The van der Waals surface area contributed by atoms with Crippen molar-refractivity contribution in [3.8, 4) is 0 Å². The van der Waals surface area contributed by atoms with Gasteiger partial charge in [-0.3, -0.25) is 9.59 Å². The van der Waals surface area contributed by atoms with E-state index < -0.39 is 24.3 Å². The van der Waals surface area contributed by atoms with Gasteiger partial charge in [-0.05, 0) is 122 Å². The number of hydrogen-bond donors (Lipinski definition) is 0. The van der Waals surface area contributed by atoms with Crippen molar-refractivity contribution >= 4 is 17.9 Å². The van der Waals surface area contributed by atoms with E-state index in [1.54, 1.807) is 0 Å². The van der Waals surface area contributed by atoms with Crippen molar-refractivity contribution in [3.63, 3.8) is 0 Å². The second-order valence-corrected chi connectivity index (χ2v) is 25.1. The third kappa shape index (κ3) is 72.2. The van der Waals surface area contributed by atoms with Crippen LogP contribution in [0.1, 0.15) is 284 Å². The van der Waals surface area contributed by atoms with Crippen LogP contribution in [-0.2, 0) is 33.3 Å². The van der Waals surface area contributed by atoms with Crippen molar-refractivity contribution in [2.24, 2.45) is 0 Å². The number of rotatable bonds is 66. The van der Waals surface area contributed by atoms with Gasteiger partial charge in [0.05, 0.1) is 40.3 Å². The molecule has 9 heteroatoms. The zero-order valence-electron chi connectivity index (χ0n) is 58.9. The number of carbonyl (C=O) groups is 3. The van der Waals surface area contributed by atoms with Crippen molar-refractivity contribution in [2.75, 3.05) is 47.5 Å². The average Bonchev–Trinajstić information content (AvgIpc) is 3.46. The third-order valence-electron chi connectivity index (χ3n) is 15.3. The van der Waals surface area contributed by atoms with Gasteiger partial charge in [-0.15, -0.1) is 0 Å². The van der Waals surface area contributed by atoms with Crippen LogP contribution in [0.25, 0.3) is 0 Å². The first-order chi connectivity index (χ1) is 44.6. The van der Waals surface area contributed by atoms with E-state index in [9.17, 15) is 19.5 Å². The molecule has 0 saturated carbocycles. The Hall–Kier alpha value is -5.09. The van der Waals surface area contributed by atoms with Gasteiger partial charge in [0, 0.05) is 12.8 Å². The molecule has 0 aromatic rings. The summed E-state index contributed by atoms with van der Waals surface area (Å²) < 4.78 is 22.8. The predicted molar refractivity (Wildman–Crippen MR) is 389 cm³/mol. The topological polar surface area (TPSA) is 111 Å². The summed E-state index contributed by atoms with van der Waals surface area (Å²) in [5.74, 6) is -2.31. The molecule has 0 spiro atoms. The minimum Gasteiger partial charge on any atom is -0.545 e. The second kappa shape index (κ2) is 70.8. The fourth-order valence-corrected chi connectivity index (χ4v) is 9.76. The molecule has 0 aliphatic carbocycles. The lowest BCUT2D eigenvalue weighted by molar-refractivity contribution is -0.870. The van der Waals surface area contributed by atoms with Crippen LogP contribution in [0, 0.1) is 0 Å². The number of likely N-dealkylation sites (N-methyl/N-ethyl adjacent to an activating group) is 1. The minimum atomic E-state index is -1.64. The molecule has 0 bridgehead atoms. The number of allylic oxidation sites excluding steroid dienone is 26. The SMILES string of the molecule is CC/C=C\C/C=C\C/C=C\C/C=C\C/C=C\C/C=C\C/C=C\CCCCCCCC(=O)OC(COC(=O)CCCCCCCCCCCCCCCCCCCCCC/C=C\C/C=C\C/C=C\C/C=C\C/C=C\C/C=C\CC)COC(OCC[N+](C)(C)C)C(=O)[O-]. The van der Waals surface area contributed by atoms with E-state index in [2.05, 4.69) is 172 Å². The monoisotopic (exact) mass is 1260 g/mol. The summed E-state index contributed by atoms with van der Waals surface area (Å²) in [6.45, 7) is 4.50. The Morgan fingerprint density at radius 2 is 0.593 bits per heavy atom. The lowest BCUT2D eigenvalue weighted by Crippen LogP contribution is -2.44. The summed E-state index contributed by atoms with van der Waals surface area (Å²) in [4.78, 5) is 37.5. The number of aliphatic carboxylic acids is 1. The van der Waals surface area contributed by atoms with Crippen molar-refractivity contribution < 1.29 is 42.9 Å². The number of nitrogens with zero attached hydrogens (tertiary/aromatic N) is 1. The first-order valence-corrected chi connectivity index (χ1v) is 36.6. The Kier molecular flexibility index (Phi) is 66.8. The molecule has 0 N–H and O–H groups in total. The van der Waals surface area contributed by atoms with Gasteiger partial charge in [-0.2, -0.15) is 0 Å². The Balaban J connectivity index is 4.10. The van der Waals surface area contributed by atoms with Crippen LogP contribution in [0.5, 0.6) is 0 Å². The number of carbonyl (C=O) groups excluding carboxylic acids is 3. The zero-order chi connectivity index (χ0) is 66.1. The van der Waals surface area contributed by atoms with Gasteiger partial charge in [0.25, 0.3) is 0 Å². The molecule has 516 valence electrons. The molecule has 0 aliphatic rings. The number of quaternary nitrogens is 1. The smallest absolute Gasteiger partial charge is 0.306 e. The maximum atomic E-state index is 12.9. The molecule has 0 saturated heterocycles. The summed E-state index contributed by atoms with van der Waals surface area (Å²) >= 11 is 0. The largest absolute Gasteiger partial charge is 0.545 e. The lowest BCUT2D eigenvalue weighted by atomic mass is 10.0. The van der Waals surface area contributed by atoms with E-state index in [0.717, 1.165) is 135 Å². The van der Waals surface area contributed by atoms with Crippen molar-refractivity contribution in [2.45, 2.75) is 296 Å². The second-order valence-electron chi connectivity index (χ2n) is 25.1. The van der Waals surface area contributed by atoms with Crippen LogP contribution in [0.4, 0.5) is 0 Å². The molecular weight excluding hydrogens is 1130 g/mol. The molecule has 9 nitrogen and oxygen atoms in total. The quantitative estimate of drug-likeness (QED) is 0.0195. The van der Waals surface area contributed by atoms with Gasteiger partial charge in [0.2, 0.25) is 0 Å². The van der Waals surface area contributed by atoms with E-state index in [0.29, 0.717) is 17.4 Å². The van der Waals surface area contributed by atoms with Crippen LogP contribution < -0.4 is 5.11 Å². The number of ether oxygens (including phenoxy) is 4. The standard InChI is InChI=1S/C82H135NO8/c1-6-8-10-12-14-16-18-20-22-24-26-28-30-32-34-35-36-37-38-39-40-41-42-43-44-45-47-48-50-52-54-56-58-60-62-64-66-68-70-72-79(84)89-76-78(77-90-82(81(86)87)88-75-74-83(3,4)5)91-80(85)73-71-69-67-65-63-61-59-57-55-53-51-49-46-33-31-29-27-25-23-21-19-17-15-13-11-9-7-2/h8-11,14-17,20-23,26-29,32-34,36-37,46,51,53,57,59,78,82H,6-7,12-13,18-19,24-25,30-31,35,38-45,47-50,52,54-56,58,60-77H2,1-5H3/b10-8-,11-9-,16-14-,17-15-,22-20-,23-21-,28-26-,29-27-,34-32-,37-36-,46-33-,53-51-,59-57-. The predicted octanol–water partition coefficient (Wildman–Crippen LogP) is 21.9. The summed E-state index contributed by atoms with van der Waals surface area (Å²) in [6.07, 6.45) is 102. The molecule has 0 aromatic carbocycles. The summed E-state index contributed by atoms with van der Waals surface area (Å²) in [5.41, 5.74) is 0. The van der Waals surface area contributed by atoms with Crippen molar-refractivity contribution in [3.05, 3.63) is 158 Å². The number of carboxylic acid groups (broad SMARTS) is 1. The molecule has 2 atom stereocenters. The lowest BCUT2D eigenvalue weighted by Gasteiger charge is -2.26. The molecule has 0 amide bonds. The molecular formula is C82H135NO8. The summed E-state index contributed by atoms with van der Waals surface area (Å²) in [7, 11) is 5.92. The normalized spacial score (nSPS) is 13.6. The van der Waals surface area contributed by atoms with Crippen LogP contribution in [0.15, 0.2) is 158 Å². The van der Waals surface area contributed by atoms with E-state index in [1.165, 1.54) is 116 Å². The number of carboxylic acids is 1. The van der Waals surface area contributed by atoms with Gasteiger partial charge in [0.1, 0.15) is 13.2 Å². The molecule has 91 heavy (non-hydrogen) atoms. The highest BCUT2D eigenvalue weighted by Gasteiger charge is 2.22. The Labute approximate surface area is 559 Å². The molecule has 2 unspecified atom stereocenters. The fourth-order valence-electron chi connectivity index (χ4n) is 9.76. The summed E-state index contributed by atoms with van der Waals surface area (Å²) in [5, 5.41) is 11.8. The average molecular weight is 1260 g/mol. The highest BCUT2D eigenvalue weighted by molar-refractivity contribution is 5.70. The molecule has 0 heterocycles. The number of unbranched alkanes of at least 4 members (excludes halogenated alkanes) is 25. The zero-order valence-corrected chi connectivity index (χ0v) is 58.9. The molecule has 0 aromatic heterocycles. The Morgan fingerprint density at radius 1 is 0.330 bits per heavy atom. The van der Waals surface area contributed by atoms with Gasteiger partial charge in [-0.25, -0.2) is 0 Å². The fraction of sp³-hybridized carbons (Fsp3) is 0.646. The first kappa shape index (κ1) is 85.9. The van der Waals surface area contributed by atoms with Crippen LogP contribution in [-0.4, -0.2) is 82.3 Å². The third-order valence-corrected chi connectivity index (χ3v) is 15.3. The van der Waals surface area contributed by atoms with Crippen molar-refractivity contribution in [1.29, 1.82) is 0 Å².